The molecule has 6 nitrogen and oxygen atoms in total. The lowest BCUT2D eigenvalue weighted by atomic mass is 10.2. The number of aromatic nitrogens is 1. The van der Waals surface area contributed by atoms with Gasteiger partial charge in [0.15, 0.2) is 0 Å². The third kappa shape index (κ3) is 3.44. The first-order valence-electron chi connectivity index (χ1n) is 6.18. The van der Waals surface area contributed by atoms with Crippen LogP contribution in [0.15, 0.2) is 39.8 Å². The second kappa shape index (κ2) is 6.17. The Bertz CT molecular complexity index is 662. The molecule has 0 radical (unpaired) electrons. The summed E-state index contributed by atoms with van der Waals surface area (Å²) in [6.45, 7) is 1.81. The SMILES string of the molecule is CCc1cnc(CNS(=O)(=O)c2ccc(CO)cc2)o1. The number of aryl methyl sites for hydroxylation is 1. The molecule has 2 N–H and O–H groups in total. The van der Waals surface area contributed by atoms with Crippen LogP contribution in [0, 0.1) is 0 Å². The topological polar surface area (TPSA) is 92.4 Å². The predicted octanol–water partition coefficient (Wildman–Crippen LogP) is 1.21. The van der Waals surface area contributed by atoms with Crippen LogP contribution in [0.4, 0.5) is 0 Å². The van der Waals surface area contributed by atoms with Gasteiger partial charge in [-0.15, -0.1) is 0 Å². The smallest absolute Gasteiger partial charge is 0.241 e. The summed E-state index contributed by atoms with van der Waals surface area (Å²) in [7, 11) is -3.61. The fraction of sp³-hybridized carbons (Fsp3) is 0.308. The minimum atomic E-state index is -3.61. The van der Waals surface area contributed by atoms with Gasteiger partial charge < -0.3 is 9.52 Å². The molecule has 0 spiro atoms. The van der Waals surface area contributed by atoms with Gasteiger partial charge in [-0.1, -0.05) is 19.1 Å². The van der Waals surface area contributed by atoms with E-state index in [0.717, 1.165) is 0 Å². The molecule has 2 rings (SSSR count). The Balaban J connectivity index is 2.06. The van der Waals surface area contributed by atoms with E-state index in [1.165, 1.54) is 12.1 Å². The molecule has 0 fully saturated rings. The molecule has 108 valence electrons. The van der Waals surface area contributed by atoms with Crippen LogP contribution in [0.2, 0.25) is 0 Å². The van der Waals surface area contributed by atoms with Crippen molar-refractivity contribution in [3.63, 3.8) is 0 Å². The first-order chi connectivity index (χ1) is 9.55. The van der Waals surface area contributed by atoms with Crippen molar-refractivity contribution in [3.05, 3.63) is 47.7 Å². The number of hydrogen-bond acceptors (Lipinski definition) is 5. The fourth-order valence-electron chi connectivity index (χ4n) is 1.61. The van der Waals surface area contributed by atoms with Crippen LogP contribution in [-0.4, -0.2) is 18.5 Å². The quantitative estimate of drug-likeness (QED) is 0.836. The number of aliphatic hydroxyl groups excluding tert-OH is 1. The van der Waals surface area contributed by atoms with Gasteiger partial charge in [-0.2, -0.15) is 0 Å². The van der Waals surface area contributed by atoms with Gasteiger partial charge in [0.2, 0.25) is 15.9 Å². The van der Waals surface area contributed by atoms with E-state index in [9.17, 15) is 8.42 Å². The Kier molecular flexibility index (Phi) is 4.53. The molecule has 0 atom stereocenters. The Hall–Kier alpha value is -1.70. The van der Waals surface area contributed by atoms with Gasteiger partial charge in [0.1, 0.15) is 5.76 Å². The molecule has 0 bridgehead atoms. The third-order valence-corrected chi connectivity index (χ3v) is 4.20. The minimum Gasteiger partial charge on any atom is -0.444 e. The molecule has 0 saturated carbocycles. The van der Waals surface area contributed by atoms with Gasteiger partial charge in [-0.25, -0.2) is 18.1 Å². The van der Waals surface area contributed by atoms with Crippen molar-refractivity contribution in [1.29, 1.82) is 0 Å². The maximum Gasteiger partial charge on any atom is 0.241 e. The maximum atomic E-state index is 12.0. The number of oxazole rings is 1. The van der Waals surface area contributed by atoms with Crippen molar-refractivity contribution >= 4 is 10.0 Å². The predicted molar refractivity (Wildman–Crippen MR) is 72.3 cm³/mol. The summed E-state index contributed by atoms with van der Waals surface area (Å²) in [4.78, 5) is 4.12. The van der Waals surface area contributed by atoms with Crippen LogP contribution < -0.4 is 4.72 Å². The highest BCUT2D eigenvalue weighted by Crippen LogP contribution is 2.11. The standard InChI is InChI=1S/C13H16N2O4S/c1-2-11-7-14-13(19-11)8-15-20(17,18)12-5-3-10(9-16)4-6-12/h3-7,15-16H,2,8-9H2,1H3. The molecule has 0 aliphatic heterocycles. The van der Waals surface area contributed by atoms with Gasteiger partial charge in [-0.05, 0) is 17.7 Å². The van der Waals surface area contributed by atoms with Crippen LogP contribution >= 0.6 is 0 Å². The molecular formula is C13H16N2O4S. The summed E-state index contributed by atoms with van der Waals surface area (Å²) in [6, 6.07) is 6.02. The molecule has 0 aliphatic carbocycles. The van der Waals surface area contributed by atoms with Crippen molar-refractivity contribution in [2.24, 2.45) is 0 Å². The number of nitrogens with one attached hydrogen (secondary N) is 1. The van der Waals surface area contributed by atoms with Crippen molar-refractivity contribution in [1.82, 2.24) is 9.71 Å². The van der Waals surface area contributed by atoms with E-state index in [2.05, 4.69) is 9.71 Å². The molecule has 7 heteroatoms. The zero-order valence-corrected chi connectivity index (χ0v) is 11.9. The number of hydrogen-bond donors (Lipinski definition) is 2. The molecule has 0 saturated heterocycles. The second-order valence-corrected chi connectivity index (χ2v) is 5.97. The van der Waals surface area contributed by atoms with Gasteiger partial charge in [-0.3, -0.25) is 0 Å². The van der Waals surface area contributed by atoms with E-state index in [-0.39, 0.29) is 18.0 Å². The average Bonchev–Trinajstić information content (AvgIpc) is 2.93. The Labute approximate surface area is 117 Å². The van der Waals surface area contributed by atoms with Crippen LogP contribution in [0.1, 0.15) is 24.1 Å². The molecule has 2 aromatic rings. The zero-order chi connectivity index (χ0) is 14.6. The monoisotopic (exact) mass is 296 g/mol. The van der Waals surface area contributed by atoms with Gasteiger partial charge in [0, 0.05) is 6.42 Å². The van der Waals surface area contributed by atoms with Crippen molar-refractivity contribution < 1.29 is 17.9 Å². The summed E-state index contributed by atoms with van der Waals surface area (Å²) in [5, 5.41) is 8.92. The molecule has 20 heavy (non-hydrogen) atoms. The summed E-state index contributed by atoms with van der Waals surface area (Å²) >= 11 is 0. The summed E-state index contributed by atoms with van der Waals surface area (Å²) < 4.78 is 31.8. The normalized spacial score (nSPS) is 11.7. The summed E-state index contributed by atoms with van der Waals surface area (Å²) in [5.74, 6) is 1.05. The Morgan fingerprint density at radius 3 is 2.55 bits per heavy atom. The molecule has 0 unspecified atom stereocenters. The first-order valence-corrected chi connectivity index (χ1v) is 7.66. The van der Waals surface area contributed by atoms with E-state index < -0.39 is 10.0 Å². The molecule has 1 heterocycles. The summed E-state index contributed by atoms with van der Waals surface area (Å²) in [5.41, 5.74) is 0.657. The van der Waals surface area contributed by atoms with Crippen LogP contribution in [0.25, 0.3) is 0 Å². The van der Waals surface area contributed by atoms with Gasteiger partial charge in [0.05, 0.1) is 24.2 Å². The lowest BCUT2D eigenvalue weighted by Gasteiger charge is -2.05. The minimum absolute atomic E-state index is 0.00405. The maximum absolute atomic E-state index is 12.0. The number of benzene rings is 1. The van der Waals surface area contributed by atoms with Gasteiger partial charge in [0.25, 0.3) is 0 Å². The number of aliphatic hydroxyl groups is 1. The number of rotatable bonds is 6. The lowest BCUT2D eigenvalue weighted by molar-refractivity contribution is 0.282. The van der Waals surface area contributed by atoms with E-state index in [1.54, 1.807) is 18.3 Å². The fourth-order valence-corrected chi connectivity index (χ4v) is 2.58. The second-order valence-electron chi connectivity index (χ2n) is 4.20. The highest BCUT2D eigenvalue weighted by molar-refractivity contribution is 7.89. The third-order valence-electron chi connectivity index (χ3n) is 2.78. The van der Waals surface area contributed by atoms with Crippen molar-refractivity contribution in [3.8, 4) is 0 Å². The largest absolute Gasteiger partial charge is 0.444 e. The lowest BCUT2D eigenvalue weighted by Crippen LogP contribution is -2.23. The van der Waals surface area contributed by atoms with Crippen molar-refractivity contribution in [2.45, 2.75) is 31.4 Å². The van der Waals surface area contributed by atoms with E-state index in [4.69, 9.17) is 9.52 Å². The zero-order valence-electron chi connectivity index (χ0n) is 11.0. The number of nitrogens with zero attached hydrogens (tertiary/aromatic N) is 1. The molecule has 0 amide bonds. The highest BCUT2D eigenvalue weighted by atomic mass is 32.2. The molecule has 0 aliphatic rings. The molecular weight excluding hydrogens is 280 g/mol. The van der Waals surface area contributed by atoms with E-state index in [1.807, 2.05) is 6.92 Å². The highest BCUT2D eigenvalue weighted by Gasteiger charge is 2.15. The first kappa shape index (κ1) is 14.7. The Morgan fingerprint density at radius 1 is 1.30 bits per heavy atom. The van der Waals surface area contributed by atoms with Crippen molar-refractivity contribution in [2.75, 3.05) is 0 Å². The molecule has 1 aromatic heterocycles. The summed E-state index contributed by atoms with van der Waals surface area (Å²) in [6.07, 6.45) is 2.29. The van der Waals surface area contributed by atoms with E-state index >= 15 is 0 Å². The average molecular weight is 296 g/mol. The Morgan fingerprint density at radius 2 is 2.00 bits per heavy atom. The van der Waals surface area contributed by atoms with E-state index in [0.29, 0.717) is 23.6 Å². The number of sulfonamides is 1. The van der Waals surface area contributed by atoms with Crippen LogP contribution in [0.5, 0.6) is 0 Å². The molecule has 1 aromatic carbocycles. The van der Waals surface area contributed by atoms with Crippen LogP contribution in [-0.2, 0) is 29.6 Å². The van der Waals surface area contributed by atoms with Crippen LogP contribution in [0.3, 0.4) is 0 Å². The van der Waals surface area contributed by atoms with Gasteiger partial charge >= 0.3 is 0 Å².